The van der Waals surface area contributed by atoms with E-state index in [0.29, 0.717) is 6.07 Å². The van der Waals surface area contributed by atoms with E-state index in [4.69, 9.17) is 0 Å². The summed E-state index contributed by atoms with van der Waals surface area (Å²) in [4.78, 5) is 3.79. The van der Waals surface area contributed by atoms with Crippen LogP contribution < -0.4 is 9.83 Å². The Morgan fingerprint density at radius 3 is 1.92 bits per heavy atom. The highest BCUT2D eigenvalue weighted by molar-refractivity contribution is 7.92. The molecule has 0 fully saturated rings. The lowest BCUT2D eigenvalue weighted by Crippen LogP contribution is -2.24. The molecular formula is C27H20F3N2O3S-. The van der Waals surface area contributed by atoms with Crippen LogP contribution >= 0.6 is 0 Å². The van der Waals surface area contributed by atoms with Crippen LogP contribution in [-0.4, -0.2) is 14.3 Å². The van der Waals surface area contributed by atoms with Crippen molar-refractivity contribution in [2.75, 3.05) is 4.72 Å². The molecule has 184 valence electrons. The smallest absolute Gasteiger partial charge is 0.416 e. The molecule has 0 aliphatic rings. The fourth-order valence-corrected chi connectivity index (χ4v) is 4.73. The Hall–Kier alpha value is -4.11. The molecule has 0 spiro atoms. The monoisotopic (exact) mass is 509 g/mol. The standard InChI is InChI=1S/C27H21F3N2O3S/c28-27(29,30)21-14-9-15-22(18-21)36(34,35)32-24-17-8-7-16-23(24)26(33)31-25(19-10-3-1-4-11-19)20-12-5-2-6-13-20/h1-18,25,32H,(H,31,33)/p-1. The molecule has 36 heavy (non-hydrogen) atoms. The minimum Gasteiger partial charge on any atom is -0.858 e. The molecule has 1 N–H and O–H groups in total. The van der Waals surface area contributed by atoms with Gasteiger partial charge < -0.3 is 5.11 Å². The Labute approximate surface area is 206 Å². The van der Waals surface area contributed by atoms with Crippen molar-refractivity contribution in [2.24, 2.45) is 4.99 Å². The molecule has 0 aliphatic carbocycles. The number of hydrogen-bond donors (Lipinski definition) is 1. The quantitative estimate of drug-likeness (QED) is 0.267. The first-order valence-corrected chi connectivity index (χ1v) is 12.3. The van der Waals surface area contributed by atoms with E-state index in [1.54, 1.807) is 6.07 Å². The van der Waals surface area contributed by atoms with Gasteiger partial charge >= 0.3 is 6.18 Å². The van der Waals surface area contributed by atoms with E-state index in [-0.39, 0.29) is 11.3 Å². The Morgan fingerprint density at radius 1 is 0.778 bits per heavy atom. The van der Waals surface area contributed by atoms with Crippen LogP contribution in [0.4, 0.5) is 18.9 Å². The van der Waals surface area contributed by atoms with Crippen molar-refractivity contribution in [1.82, 2.24) is 0 Å². The van der Waals surface area contributed by atoms with Gasteiger partial charge in [-0.1, -0.05) is 84.9 Å². The van der Waals surface area contributed by atoms with E-state index in [1.165, 1.54) is 18.2 Å². The average Bonchev–Trinajstić information content (AvgIpc) is 2.88. The van der Waals surface area contributed by atoms with Gasteiger partial charge in [0.25, 0.3) is 10.0 Å². The maximum atomic E-state index is 13.3. The van der Waals surface area contributed by atoms with Crippen molar-refractivity contribution in [1.29, 1.82) is 0 Å². The number of rotatable bonds is 7. The minimum atomic E-state index is -4.71. The SMILES string of the molecule is O=S(=O)(Nc1ccccc1C([O-])=NC(c1ccccc1)c1ccccc1)c1cccc(C(F)(F)F)c1. The van der Waals surface area contributed by atoms with E-state index < -0.39 is 38.6 Å². The predicted octanol–water partition coefficient (Wildman–Crippen LogP) is 5.40. The third-order valence-corrected chi connectivity index (χ3v) is 6.71. The lowest BCUT2D eigenvalue weighted by Gasteiger charge is -2.21. The number of hydrogen-bond acceptors (Lipinski definition) is 4. The average molecular weight is 510 g/mol. The minimum absolute atomic E-state index is 0.0371. The highest BCUT2D eigenvalue weighted by Gasteiger charge is 2.31. The molecule has 0 unspecified atom stereocenters. The molecule has 4 aromatic carbocycles. The summed E-state index contributed by atoms with van der Waals surface area (Å²) in [5.74, 6) is -0.685. The summed E-state index contributed by atoms with van der Waals surface area (Å²) in [6.07, 6.45) is -4.71. The molecule has 0 bridgehead atoms. The van der Waals surface area contributed by atoms with Gasteiger partial charge in [-0.15, -0.1) is 0 Å². The van der Waals surface area contributed by atoms with Gasteiger partial charge in [-0.05, 0) is 41.3 Å². The zero-order chi connectivity index (χ0) is 25.8. The number of halogens is 3. The van der Waals surface area contributed by atoms with Crippen molar-refractivity contribution in [3.63, 3.8) is 0 Å². The first-order valence-electron chi connectivity index (χ1n) is 10.8. The van der Waals surface area contributed by atoms with Crippen LogP contribution in [0.5, 0.6) is 0 Å². The van der Waals surface area contributed by atoms with Gasteiger partial charge in [0, 0.05) is 5.56 Å². The summed E-state index contributed by atoms with van der Waals surface area (Å²) in [5.41, 5.74) is 0.296. The topological polar surface area (TPSA) is 81.6 Å². The van der Waals surface area contributed by atoms with Crippen LogP contribution in [0.3, 0.4) is 0 Å². The van der Waals surface area contributed by atoms with Crippen molar-refractivity contribution < 1.29 is 26.7 Å². The second kappa shape index (κ2) is 10.2. The summed E-state index contributed by atoms with van der Waals surface area (Å²) < 4.78 is 67.3. The predicted molar refractivity (Wildman–Crippen MR) is 130 cm³/mol. The maximum absolute atomic E-state index is 13.3. The lowest BCUT2D eigenvalue weighted by atomic mass is 9.99. The first kappa shape index (κ1) is 25.0. The van der Waals surface area contributed by atoms with Crippen molar-refractivity contribution >= 4 is 21.6 Å². The van der Waals surface area contributed by atoms with E-state index >= 15 is 0 Å². The number of aliphatic imine (C=N–C) groups is 1. The second-order valence-electron chi connectivity index (χ2n) is 7.83. The maximum Gasteiger partial charge on any atom is 0.416 e. The fourth-order valence-electron chi connectivity index (χ4n) is 3.60. The Balaban J connectivity index is 1.72. The molecule has 0 saturated carbocycles. The summed E-state index contributed by atoms with van der Waals surface area (Å²) in [7, 11) is -4.43. The Bertz CT molecular complexity index is 1430. The van der Waals surface area contributed by atoms with Gasteiger partial charge in [-0.2, -0.15) is 13.2 Å². The van der Waals surface area contributed by atoms with Gasteiger partial charge in [0.05, 0.1) is 22.2 Å². The van der Waals surface area contributed by atoms with E-state index in [0.717, 1.165) is 29.3 Å². The molecule has 9 heteroatoms. The van der Waals surface area contributed by atoms with Gasteiger partial charge in [0.2, 0.25) is 0 Å². The van der Waals surface area contributed by atoms with Crippen LogP contribution in [0.2, 0.25) is 0 Å². The molecule has 0 amide bonds. The number of para-hydroxylation sites is 1. The van der Waals surface area contributed by atoms with Crippen LogP contribution in [0.25, 0.3) is 0 Å². The molecule has 0 heterocycles. The number of alkyl halides is 3. The zero-order valence-corrected chi connectivity index (χ0v) is 19.5. The highest BCUT2D eigenvalue weighted by atomic mass is 32.2. The highest BCUT2D eigenvalue weighted by Crippen LogP contribution is 2.31. The molecule has 5 nitrogen and oxygen atoms in total. The van der Waals surface area contributed by atoms with E-state index in [9.17, 15) is 26.7 Å². The second-order valence-corrected chi connectivity index (χ2v) is 9.52. The van der Waals surface area contributed by atoms with Gasteiger partial charge in [0.15, 0.2) is 0 Å². The molecule has 0 aromatic heterocycles. The fraction of sp³-hybridized carbons (Fsp3) is 0.0741. The van der Waals surface area contributed by atoms with Crippen LogP contribution in [0.1, 0.15) is 28.3 Å². The molecule has 4 rings (SSSR count). The van der Waals surface area contributed by atoms with E-state index in [1.807, 2.05) is 60.7 Å². The molecule has 0 radical (unpaired) electrons. The van der Waals surface area contributed by atoms with Gasteiger partial charge in [0.1, 0.15) is 0 Å². The zero-order valence-electron chi connectivity index (χ0n) is 18.7. The third kappa shape index (κ3) is 5.75. The lowest BCUT2D eigenvalue weighted by molar-refractivity contribution is -0.213. The Morgan fingerprint density at radius 2 is 1.33 bits per heavy atom. The van der Waals surface area contributed by atoms with Crippen LogP contribution in [-0.2, 0) is 16.2 Å². The van der Waals surface area contributed by atoms with Crippen molar-refractivity contribution in [2.45, 2.75) is 17.1 Å². The number of anilines is 1. The third-order valence-electron chi connectivity index (χ3n) is 5.35. The summed E-state index contributed by atoms with van der Waals surface area (Å²) in [6, 6.07) is 26.8. The molecule has 0 aliphatic heterocycles. The number of sulfonamides is 1. The van der Waals surface area contributed by atoms with Gasteiger partial charge in [-0.25, -0.2) is 8.42 Å². The summed E-state index contributed by atoms with van der Waals surface area (Å²) >= 11 is 0. The largest absolute Gasteiger partial charge is 0.858 e. The van der Waals surface area contributed by atoms with E-state index in [2.05, 4.69) is 9.71 Å². The van der Waals surface area contributed by atoms with Crippen molar-refractivity contribution in [3.8, 4) is 0 Å². The summed E-state index contributed by atoms with van der Waals surface area (Å²) in [6.45, 7) is 0. The van der Waals surface area contributed by atoms with Crippen LogP contribution in [0, 0.1) is 0 Å². The first-order chi connectivity index (χ1) is 17.1. The molecule has 4 aromatic rings. The van der Waals surface area contributed by atoms with Gasteiger partial charge in [-0.3, -0.25) is 9.71 Å². The number of benzene rings is 4. The van der Waals surface area contributed by atoms with Crippen molar-refractivity contribution in [3.05, 3.63) is 131 Å². The molecule has 0 atom stereocenters. The van der Waals surface area contributed by atoms with Crippen LogP contribution in [0.15, 0.2) is 119 Å². The molecular weight excluding hydrogens is 489 g/mol. The number of nitrogens with zero attached hydrogens (tertiary/aromatic N) is 1. The normalized spacial score (nSPS) is 12.5. The Kier molecular flexibility index (Phi) is 7.12. The number of nitrogens with one attached hydrogen (secondary N) is 1. The summed E-state index contributed by atoms with van der Waals surface area (Å²) in [5, 5.41) is 13.3. The molecule has 0 saturated heterocycles.